The monoisotopic (exact) mass is 292 g/mol. The van der Waals surface area contributed by atoms with Gasteiger partial charge >= 0.3 is 0 Å². The van der Waals surface area contributed by atoms with Crippen molar-refractivity contribution < 1.29 is 4.74 Å². The Kier molecular flexibility index (Phi) is 3.10. The highest BCUT2D eigenvalue weighted by Gasteiger charge is 2.14. The van der Waals surface area contributed by atoms with E-state index in [9.17, 15) is 0 Å². The third-order valence-corrected chi connectivity index (χ3v) is 3.02. The maximum atomic E-state index is 5.31. The molecule has 2 heterocycles. The zero-order chi connectivity index (χ0) is 9.10. The number of rotatable bonds is 1. The van der Waals surface area contributed by atoms with Crippen LogP contribution in [0.15, 0.2) is 21.6 Å². The summed E-state index contributed by atoms with van der Waals surface area (Å²) in [6.45, 7) is 4.72. The van der Waals surface area contributed by atoms with Crippen LogP contribution in [0, 0.1) is 0 Å². The Hall–Kier alpha value is -0.230. The first kappa shape index (κ1) is 9.33. The van der Waals surface area contributed by atoms with Gasteiger partial charge in [0.05, 0.1) is 23.5 Å². The van der Waals surface area contributed by atoms with Crippen molar-refractivity contribution in [1.29, 1.82) is 0 Å². The minimum atomic E-state index is 0.859. The lowest BCUT2D eigenvalue weighted by molar-refractivity contribution is 0.0527. The van der Waals surface area contributed by atoms with Crippen LogP contribution in [-0.2, 0) is 4.74 Å². The molecule has 3 nitrogen and oxygen atoms in total. The van der Waals surface area contributed by atoms with Crippen LogP contribution in [0.3, 0.4) is 0 Å². The molecule has 0 amide bonds. The second kappa shape index (κ2) is 4.32. The summed E-state index contributed by atoms with van der Waals surface area (Å²) >= 11 is 2.30. The molecular weight excluding hydrogens is 279 g/mol. The molecule has 1 saturated heterocycles. The molecule has 0 aromatic carbocycles. The van der Waals surface area contributed by atoms with E-state index < -0.39 is 0 Å². The van der Waals surface area contributed by atoms with Crippen LogP contribution in [0.25, 0.3) is 0 Å². The largest absolute Gasteiger partial charge is 0.378 e. The van der Waals surface area contributed by atoms with Crippen molar-refractivity contribution in [2.24, 2.45) is 0 Å². The molecular formula is C9H13IN2O. The molecule has 1 N–H and O–H groups in total. The number of halogens is 1. The van der Waals surface area contributed by atoms with E-state index in [-0.39, 0.29) is 0 Å². The number of dihydropyridines is 1. The molecule has 0 unspecified atom stereocenters. The molecule has 0 saturated carbocycles. The lowest BCUT2D eigenvalue weighted by atomic mass is 10.2. The molecule has 1 fully saturated rings. The Morgan fingerprint density at radius 1 is 1.31 bits per heavy atom. The van der Waals surface area contributed by atoms with Gasteiger partial charge < -0.3 is 15.0 Å². The van der Waals surface area contributed by atoms with Gasteiger partial charge in [-0.25, -0.2) is 0 Å². The van der Waals surface area contributed by atoms with Gasteiger partial charge in [-0.2, -0.15) is 0 Å². The van der Waals surface area contributed by atoms with Crippen LogP contribution in [0.4, 0.5) is 0 Å². The van der Waals surface area contributed by atoms with Crippen LogP contribution in [-0.4, -0.2) is 37.7 Å². The molecule has 2 rings (SSSR count). The van der Waals surface area contributed by atoms with E-state index in [2.05, 4.69) is 45.0 Å². The summed E-state index contributed by atoms with van der Waals surface area (Å²) < 4.78 is 6.52. The van der Waals surface area contributed by atoms with Crippen molar-refractivity contribution in [3.63, 3.8) is 0 Å². The van der Waals surface area contributed by atoms with Crippen LogP contribution in [0.1, 0.15) is 0 Å². The molecule has 2 aliphatic rings. The molecule has 0 aliphatic carbocycles. The second-order valence-corrected chi connectivity index (χ2v) is 4.29. The number of morpholine rings is 1. The fourth-order valence-electron chi connectivity index (χ4n) is 1.53. The number of nitrogens with zero attached hydrogens (tertiary/aromatic N) is 1. The molecule has 0 spiro atoms. The Morgan fingerprint density at radius 3 is 2.69 bits per heavy atom. The van der Waals surface area contributed by atoms with Gasteiger partial charge in [-0.3, -0.25) is 0 Å². The van der Waals surface area contributed by atoms with Crippen molar-refractivity contribution in [2.75, 3.05) is 32.8 Å². The van der Waals surface area contributed by atoms with Crippen LogP contribution < -0.4 is 5.32 Å². The SMILES string of the molecule is IC1=CC=C(N2CCOCC2)CN1. The first-order valence-electron chi connectivity index (χ1n) is 4.49. The molecule has 13 heavy (non-hydrogen) atoms. The van der Waals surface area contributed by atoms with Gasteiger partial charge in [0, 0.05) is 18.8 Å². The van der Waals surface area contributed by atoms with Crippen molar-refractivity contribution in [1.82, 2.24) is 10.2 Å². The lowest BCUT2D eigenvalue weighted by Gasteiger charge is -2.32. The Morgan fingerprint density at radius 2 is 2.08 bits per heavy atom. The first-order chi connectivity index (χ1) is 6.36. The standard InChI is InChI=1S/C9H13IN2O/c10-9-2-1-8(7-11-9)12-3-5-13-6-4-12/h1-2,11H,3-7H2. The highest BCUT2D eigenvalue weighted by molar-refractivity contribution is 14.1. The number of hydrogen-bond donors (Lipinski definition) is 1. The predicted molar refractivity (Wildman–Crippen MR) is 60.6 cm³/mol. The number of hydrogen-bond acceptors (Lipinski definition) is 3. The summed E-state index contributed by atoms with van der Waals surface area (Å²) in [5, 5.41) is 3.33. The van der Waals surface area contributed by atoms with Gasteiger partial charge in [0.2, 0.25) is 0 Å². The normalized spacial score (nSPS) is 23.3. The fourth-order valence-corrected chi connectivity index (χ4v) is 1.90. The van der Waals surface area contributed by atoms with E-state index in [0.717, 1.165) is 32.8 Å². The van der Waals surface area contributed by atoms with E-state index in [1.807, 2.05) is 0 Å². The minimum absolute atomic E-state index is 0.859. The number of nitrogens with one attached hydrogen (secondary N) is 1. The van der Waals surface area contributed by atoms with Crippen LogP contribution >= 0.6 is 22.6 Å². The highest BCUT2D eigenvalue weighted by Crippen LogP contribution is 2.14. The van der Waals surface area contributed by atoms with Crippen molar-refractivity contribution in [3.05, 3.63) is 21.6 Å². The molecule has 0 atom stereocenters. The Balaban J connectivity index is 1.99. The van der Waals surface area contributed by atoms with Gasteiger partial charge in [0.1, 0.15) is 0 Å². The zero-order valence-electron chi connectivity index (χ0n) is 7.42. The summed E-state index contributed by atoms with van der Waals surface area (Å²) in [7, 11) is 0. The summed E-state index contributed by atoms with van der Waals surface area (Å²) in [6, 6.07) is 0. The average molecular weight is 292 g/mol. The molecule has 0 aromatic rings. The second-order valence-electron chi connectivity index (χ2n) is 3.13. The fraction of sp³-hybridized carbons (Fsp3) is 0.556. The maximum Gasteiger partial charge on any atom is 0.0735 e. The molecule has 0 aromatic heterocycles. The summed E-state index contributed by atoms with van der Waals surface area (Å²) in [5.41, 5.74) is 1.38. The summed E-state index contributed by atoms with van der Waals surface area (Å²) in [6.07, 6.45) is 4.32. The molecule has 0 bridgehead atoms. The van der Waals surface area contributed by atoms with E-state index >= 15 is 0 Å². The molecule has 2 aliphatic heterocycles. The van der Waals surface area contributed by atoms with E-state index in [4.69, 9.17) is 4.74 Å². The van der Waals surface area contributed by atoms with Gasteiger partial charge in [0.25, 0.3) is 0 Å². The molecule has 0 radical (unpaired) electrons. The van der Waals surface area contributed by atoms with Crippen LogP contribution in [0.2, 0.25) is 0 Å². The lowest BCUT2D eigenvalue weighted by Crippen LogP contribution is -2.39. The number of ether oxygens (including phenoxy) is 1. The maximum absolute atomic E-state index is 5.31. The van der Waals surface area contributed by atoms with E-state index in [1.54, 1.807) is 0 Å². The van der Waals surface area contributed by atoms with E-state index in [1.165, 1.54) is 9.40 Å². The third-order valence-electron chi connectivity index (χ3n) is 2.28. The topological polar surface area (TPSA) is 24.5 Å². The van der Waals surface area contributed by atoms with Gasteiger partial charge in [-0.05, 0) is 34.7 Å². The zero-order valence-corrected chi connectivity index (χ0v) is 9.58. The van der Waals surface area contributed by atoms with Crippen molar-refractivity contribution in [2.45, 2.75) is 0 Å². The Labute approximate surface area is 92.0 Å². The van der Waals surface area contributed by atoms with E-state index in [0.29, 0.717) is 0 Å². The van der Waals surface area contributed by atoms with Crippen molar-refractivity contribution >= 4 is 22.6 Å². The summed E-state index contributed by atoms with van der Waals surface area (Å²) in [4.78, 5) is 2.38. The summed E-state index contributed by atoms with van der Waals surface area (Å²) in [5.74, 6) is 0. The van der Waals surface area contributed by atoms with Gasteiger partial charge in [-0.15, -0.1) is 0 Å². The third kappa shape index (κ3) is 2.37. The molecule has 72 valence electrons. The van der Waals surface area contributed by atoms with Crippen LogP contribution in [0.5, 0.6) is 0 Å². The molecule has 4 heteroatoms. The number of allylic oxidation sites excluding steroid dienone is 2. The smallest absolute Gasteiger partial charge is 0.0735 e. The predicted octanol–water partition coefficient (Wildman–Crippen LogP) is 1.08. The highest BCUT2D eigenvalue weighted by atomic mass is 127. The van der Waals surface area contributed by atoms with Crippen molar-refractivity contribution in [3.8, 4) is 0 Å². The average Bonchev–Trinajstić information content (AvgIpc) is 2.20. The quantitative estimate of drug-likeness (QED) is 0.578. The minimum Gasteiger partial charge on any atom is -0.378 e. The first-order valence-corrected chi connectivity index (χ1v) is 5.57. The Bertz CT molecular complexity index is 244. The van der Waals surface area contributed by atoms with Gasteiger partial charge in [-0.1, -0.05) is 0 Å². The van der Waals surface area contributed by atoms with Gasteiger partial charge in [0.15, 0.2) is 0 Å².